The van der Waals surface area contributed by atoms with Gasteiger partial charge < -0.3 is 31.9 Å². The van der Waals surface area contributed by atoms with Gasteiger partial charge in [-0.1, -0.05) is 26.0 Å². The smallest absolute Gasteiger partial charge is 0.124 e. The van der Waals surface area contributed by atoms with Crippen LogP contribution in [0, 0.1) is 0 Å². The van der Waals surface area contributed by atoms with Crippen molar-refractivity contribution in [3.05, 3.63) is 47.4 Å². The highest BCUT2D eigenvalue weighted by Gasteiger charge is 2.36. The molecule has 2 bridgehead atoms. The van der Waals surface area contributed by atoms with Crippen molar-refractivity contribution >= 4 is 5.70 Å². The molecule has 1 aromatic carbocycles. The van der Waals surface area contributed by atoms with Gasteiger partial charge in [-0.05, 0) is 25.3 Å². The van der Waals surface area contributed by atoms with Crippen LogP contribution in [0.1, 0.15) is 19.4 Å². The number of para-hydroxylation sites is 1. The molecule has 2 fully saturated rings. The number of piperazine rings is 1. The monoisotopic (exact) mass is 361 g/mol. The van der Waals surface area contributed by atoms with Crippen LogP contribution < -0.4 is 17.2 Å². The van der Waals surface area contributed by atoms with Gasteiger partial charge in [0, 0.05) is 24.4 Å². The second-order valence-corrected chi connectivity index (χ2v) is 6.37. The lowest BCUT2D eigenvalue weighted by atomic mass is 10.0. The zero-order valence-electron chi connectivity index (χ0n) is 15.9. The number of allylic oxidation sites excluding steroid dienone is 1. The summed E-state index contributed by atoms with van der Waals surface area (Å²) in [6.45, 7) is 6.93. The number of rotatable bonds is 3. The Morgan fingerprint density at radius 3 is 2.23 bits per heavy atom. The molecule has 26 heavy (non-hydrogen) atoms. The molecular weight excluding hydrogens is 330 g/mol. The van der Waals surface area contributed by atoms with Crippen LogP contribution in [0.25, 0.3) is 5.70 Å². The largest absolute Gasteiger partial charge is 0.507 e. The lowest BCUT2D eigenvalue weighted by Crippen LogP contribution is -2.62. The van der Waals surface area contributed by atoms with Crippen LogP contribution >= 0.6 is 0 Å². The van der Waals surface area contributed by atoms with E-state index < -0.39 is 0 Å². The van der Waals surface area contributed by atoms with Crippen molar-refractivity contribution in [3.8, 4) is 5.75 Å². The topological polar surface area (TPSA) is 114 Å². The molecule has 2 atom stereocenters. The van der Waals surface area contributed by atoms with Crippen LogP contribution in [0.15, 0.2) is 41.9 Å². The lowest BCUT2D eigenvalue weighted by Gasteiger charge is -2.49. The number of morpholine rings is 1. The van der Waals surface area contributed by atoms with E-state index in [-0.39, 0.29) is 11.6 Å². The molecule has 2 aliphatic rings. The Balaban J connectivity index is 0.00000117. The molecule has 7 nitrogen and oxygen atoms in total. The molecule has 0 aromatic heterocycles. The molecule has 2 unspecified atom stereocenters. The highest BCUT2D eigenvalue weighted by atomic mass is 16.5. The summed E-state index contributed by atoms with van der Waals surface area (Å²) in [5.74, 6) is 0.349. The second-order valence-electron chi connectivity index (χ2n) is 6.37. The molecule has 0 spiro atoms. The third-order valence-electron chi connectivity index (χ3n) is 4.78. The molecule has 0 radical (unpaired) electrons. The van der Waals surface area contributed by atoms with Gasteiger partial charge in [0.15, 0.2) is 0 Å². The van der Waals surface area contributed by atoms with Crippen molar-refractivity contribution in [1.29, 1.82) is 0 Å². The van der Waals surface area contributed by atoms with Crippen LogP contribution in [-0.4, -0.2) is 60.3 Å². The van der Waals surface area contributed by atoms with Crippen LogP contribution in [0.4, 0.5) is 0 Å². The first-order chi connectivity index (χ1) is 12.5. The summed E-state index contributed by atoms with van der Waals surface area (Å²) in [4.78, 5) is 4.50. The van der Waals surface area contributed by atoms with Crippen molar-refractivity contribution in [2.75, 3.05) is 33.4 Å². The Bertz CT molecular complexity index is 656. The SMILES string of the molecule is CC.CN1C2COCC1CN(C(/C=C(\N)c1ccccc1O)=C(N)N)C2. The van der Waals surface area contributed by atoms with Crippen molar-refractivity contribution in [2.24, 2.45) is 17.2 Å². The molecular formula is C19H31N5O2. The molecule has 7 heteroatoms. The summed E-state index contributed by atoms with van der Waals surface area (Å²) in [6.07, 6.45) is 1.74. The summed E-state index contributed by atoms with van der Waals surface area (Å²) >= 11 is 0. The van der Waals surface area contributed by atoms with E-state index in [1.54, 1.807) is 24.3 Å². The number of nitrogens with zero attached hydrogens (tertiary/aromatic N) is 2. The number of ether oxygens (including phenoxy) is 1. The summed E-state index contributed by atoms with van der Waals surface area (Å²) in [6, 6.07) is 7.53. The Morgan fingerprint density at radius 2 is 1.69 bits per heavy atom. The van der Waals surface area contributed by atoms with Gasteiger partial charge in [0.2, 0.25) is 0 Å². The fraction of sp³-hybridized carbons (Fsp3) is 0.474. The quantitative estimate of drug-likeness (QED) is 0.589. The van der Waals surface area contributed by atoms with Crippen molar-refractivity contribution < 1.29 is 9.84 Å². The minimum Gasteiger partial charge on any atom is -0.507 e. The zero-order chi connectivity index (χ0) is 19.3. The van der Waals surface area contributed by atoms with Gasteiger partial charge in [-0.15, -0.1) is 0 Å². The number of hydrogen-bond acceptors (Lipinski definition) is 7. The summed E-state index contributed by atoms with van der Waals surface area (Å²) in [5, 5.41) is 9.97. The van der Waals surface area contributed by atoms with Crippen LogP contribution in [0.3, 0.4) is 0 Å². The Kier molecular flexibility index (Phi) is 6.76. The number of benzene rings is 1. The molecule has 0 amide bonds. The Labute approximate surface area is 155 Å². The number of phenolic OH excluding ortho intramolecular Hbond substituents is 1. The van der Waals surface area contributed by atoms with Crippen molar-refractivity contribution in [2.45, 2.75) is 25.9 Å². The molecule has 2 saturated heterocycles. The van der Waals surface area contributed by atoms with Gasteiger partial charge in [0.1, 0.15) is 11.6 Å². The number of fused-ring (bicyclic) bond motifs is 2. The number of phenols is 1. The molecule has 7 N–H and O–H groups in total. The van der Waals surface area contributed by atoms with E-state index in [1.165, 1.54) is 0 Å². The first-order valence-corrected chi connectivity index (χ1v) is 9.02. The average molecular weight is 361 g/mol. The number of aromatic hydroxyl groups is 1. The van der Waals surface area contributed by atoms with Gasteiger partial charge in [-0.3, -0.25) is 4.90 Å². The van der Waals surface area contributed by atoms with Crippen molar-refractivity contribution in [1.82, 2.24) is 9.80 Å². The first-order valence-electron chi connectivity index (χ1n) is 9.02. The average Bonchev–Trinajstić information content (AvgIpc) is 2.61. The highest BCUT2D eigenvalue weighted by Crippen LogP contribution is 2.26. The molecule has 144 valence electrons. The van der Waals surface area contributed by atoms with Gasteiger partial charge in [-0.25, -0.2) is 0 Å². The predicted molar refractivity (Wildman–Crippen MR) is 105 cm³/mol. The van der Waals surface area contributed by atoms with E-state index in [1.807, 2.05) is 19.9 Å². The minimum absolute atomic E-state index is 0.129. The molecule has 2 heterocycles. The Morgan fingerprint density at radius 1 is 1.12 bits per heavy atom. The molecule has 0 saturated carbocycles. The number of nitrogens with two attached hydrogens (primary N) is 3. The maximum atomic E-state index is 9.97. The third kappa shape index (κ3) is 4.23. The Hall–Kier alpha value is -2.38. The minimum atomic E-state index is 0.129. The molecule has 2 aliphatic heterocycles. The van der Waals surface area contributed by atoms with E-state index in [9.17, 15) is 5.11 Å². The van der Waals surface area contributed by atoms with Crippen LogP contribution in [0.2, 0.25) is 0 Å². The van der Waals surface area contributed by atoms with Crippen molar-refractivity contribution in [3.63, 3.8) is 0 Å². The van der Waals surface area contributed by atoms with Gasteiger partial charge >= 0.3 is 0 Å². The molecule has 1 aromatic rings. The standard InChI is InChI=1S/C17H25N5O2.C2H6/c1-21-11-7-22(8-12(21)10-24-9-11)15(17(19)20)6-14(18)13-4-2-3-5-16(13)23;1-2/h2-6,11-12,23H,7-10,18-20H2,1H3;1-2H3/b14-6-;. The fourth-order valence-corrected chi connectivity index (χ4v) is 3.32. The van der Waals surface area contributed by atoms with Gasteiger partial charge in [-0.2, -0.15) is 0 Å². The van der Waals surface area contributed by atoms with Gasteiger partial charge in [0.05, 0.1) is 31.0 Å². The second kappa shape index (κ2) is 8.82. The van der Waals surface area contributed by atoms with E-state index in [2.05, 4.69) is 16.8 Å². The summed E-state index contributed by atoms with van der Waals surface area (Å²) in [7, 11) is 2.12. The van der Waals surface area contributed by atoms with E-state index in [4.69, 9.17) is 21.9 Å². The lowest BCUT2D eigenvalue weighted by molar-refractivity contribution is -0.0775. The first kappa shape index (κ1) is 19.9. The fourth-order valence-electron chi connectivity index (χ4n) is 3.32. The summed E-state index contributed by atoms with van der Waals surface area (Å²) in [5.41, 5.74) is 19.7. The van der Waals surface area contributed by atoms with E-state index in [0.717, 1.165) is 13.1 Å². The maximum Gasteiger partial charge on any atom is 0.124 e. The van der Waals surface area contributed by atoms with Gasteiger partial charge in [0.25, 0.3) is 0 Å². The number of hydrogen-bond donors (Lipinski definition) is 4. The normalized spacial score (nSPS) is 23.0. The zero-order valence-corrected chi connectivity index (χ0v) is 15.9. The predicted octanol–water partition coefficient (Wildman–Crippen LogP) is 0.819. The maximum absolute atomic E-state index is 9.97. The third-order valence-corrected chi connectivity index (χ3v) is 4.78. The van der Waals surface area contributed by atoms with E-state index in [0.29, 0.717) is 42.3 Å². The van der Waals surface area contributed by atoms with Crippen LogP contribution in [0.5, 0.6) is 5.75 Å². The van der Waals surface area contributed by atoms with Crippen LogP contribution in [-0.2, 0) is 4.74 Å². The number of likely N-dealkylation sites (N-methyl/N-ethyl adjacent to an activating group) is 1. The molecule has 0 aliphatic carbocycles. The van der Waals surface area contributed by atoms with E-state index >= 15 is 0 Å². The summed E-state index contributed by atoms with van der Waals surface area (Å²) < 4.78 is 5.64. The highest BCUT2D eigenvalue weighted by molar-refractivity contribution is 5.69. The molecule has 3 rings (SSSR count).